The van der Waals surface area contributed by atoms with Gasteiger partial charge in [0.15, 0.2) is 0 Å². The molecule has 1 fully saturated rings. The van der Waals surface area contributed by atoms with Gasteiger partial charge in [0.25, 0.3) is 5.91 Å². The molecular weight excluding hydrogens is 264 g/mol. The molecule has 5 heteroatoms. The average molecular weight is 290 g/mol. The number of hydrogen-bond donors (Lipinski definition) is 1. The van der Waals surface area contributed by atoms with Crippen LogP contribution in [0.3, 0.4) is 0 Å². The summed E-state index contributed by atoms with van der Waals surface area (Å²) in [6.45, 7) is 8.78. The van der Waals surface area contributed by atoms with Crippen molar-refractivity contribution in [1.29, 1.82) is 0 Å². The number of amides is 1. The Bertz CT molecular complexity index is 481. The third kappa shape index (κ3) is 4.69. The van der Waals surface area contributed by atoms with Gasteiger partial charge in [0.1, 0.15) is 17.3 Å². The van der Waals surface area contributed by atoms with E-state index in [2.05, 4.69) is 29.1 Å². The minimum absolute atomic E-state index is 0.0344. The van der Waals surface area contributed by atoms with Gasteiger partial charge in [-0.15, -0.1) is 0 Å². The van der Waals surface area contributed by atoms with E-state index in [-0.39, 0.29) is 5.91 Å². The van der Waals surface area contributed by atoms with Gasteiger partial charge in [-0.3, -0.25) is 4.79 Å². The van der Waals surface area contributed by atoms with Crippen LogP contribution in [0.25, 0.3) is 0 Å². The van der Waals surface area contributed by atoms with E-state index in [0.717, 1.165) is 44.7 Å². The van der Waals surface area contributed by atoms with Crippen LogP contribution in [0.4, 0.5) is 5.82 Å². The predicted molar refractivity (Wildman–Crippen MR) is 84.5 cm³/mol. The van der Waals surface area contributed by atoms with Gasteiger partial charge < -0.3 is 10.2 Å². The first kappa shape index (κ1) is 15.7. The van der Waals surface area contributed by atoms with Crippen molar-refractivity contribution in [3.8, 4) is 0 Å². The molecule has 0 bridgehead atoms. The predicted octanol–water partition coefficient (Wildman–Crippen LogP) is 2.87. The van der Waals surface area contributed by atoms with Gasteiger partial charge in [-0.05, 0) is 38.5 Å². The molecule has 0 aliphatic carbocycles. The summed E-state index contributed by atoms with van der Waals surface area (Å²) in [6.07, 6.45) is 4.48. The third-order valence-corrected chi connectivity index (χ3v) is 3.73. The van der Waals surface area contributed by atoms with Crippen LogP contribution in [0.1, 0.15) is 55.8 Å². The molecule has 0 aromatic carbocycles. The molecule has 1 aromatic heterocycles. The summed E-state index contributed by atoms with van der Waals surface area (Å²) in [5, 5.41) is 3.29. The van der Waals surface area contributed by atoms with Gasteiger partial charge in [0, 0.05) is 25.7 Å². The van der Waals surface area contributed by atoms with Crippen molar-refractivity contribution in [3.63, 3.8) is 0 Å². The summed E-state index contributed by atoms with van der Waals surface area (Å²) < 4.78 is 0. The van der Waals surface area contributed by atoms with Gasteiger partial charge in [-0.25, -0.2) is 9.97 Å². The van der Waals surface area contributed by atoms with Crippen LogP contribution in [0.5, 0.6) is 0 Å². The monoisotopic (exact) mass is 290 g/mol. The summed E-state index contributed by atoms with van der Waals surface area (Å²) in [5.41, 5.74) is 0.511. The number of carbonyl (C=O) groups excluding carboxylic acids is 1. The van der Waals surface area contributed by atoms with Crippen molar-refractivity contribution < 1.29 is 4.79 Å². The lowest BCUT2D eigenvalue weighted by Crippen LogP contribution is -2.36. The first-order valence-electron chi connectivity index (χ1n) is 7.95. The zero-order valence-electron chi connectivity index (χ0n) is 13.4. The Morgan fingerprint density at radius 3 is 2.67 bits per heavy atom. The number of nitrogens with one attached hydrogen (secondary N) is 1. The van der Waals surface area contributed by atoms with Crippen molar-refractivity contribution in [1.82, 2.24) is 14.9 Å². The van der Waals surface area contributed by atoms with E-state index in [1.165, 1.54) is 6.42 Å². The van der Waals surface area contributed by atoms with Gasteiger partial charge in [-0.2, -0.15) is 0 Å². The van der Waals surface area contributed by atoms with E-state index >= 15 is 0 Å². The van der Waals surface area contributed by atoms with Crippen molar-refractivity contribution in [2.75, 3.05) is 25.0 Å². The Hall–Kier alpha value is -1.65. The smallest absolute Gasteiger partial charge is 0.272 e. The van der Waals surface area contributed by atoms with Crippen molar-refractivity contribution in [3.05, 3.63) is 17.6 Å². The first-order chi connectivity index (χ1) is 10.1. The number of carbonyl (C=O) groups is 1. The summed E-state index contributed by atoms with van der Waals surface area (Å²) in [7, 11) is 0. The van der Waals surface area contributed by atoms with Crippen LogP contribution in [-0.2, 0) is 0 Å². The Balaban J connectivity index is 2.05. The van der Waals surface area contributed by atoms with Gasteiger partial charge in [0.05, 0.1) is 0 Å². The maximum Gasteiger partial charge on any atom is 0.272 e. The fraction of sp³-hybridized carbons (Fsp3) is 0.688. The highest BCUT2D eigenvalue weighted by molar-refractivity contribution is 5.93. The highest BCUT2D eigenvalue weighted by Gasteiger charge is 2.20. The molecule has 0 saturated carbocycles. The highest BCUT2D eigenvalue weighted by Crippen LogP contribution is 2.14. The Labute approximate surface area is 127 Å². The molecule has 0 spiro atoms. The summed E-state index contributed by atoms with van der Waals surface area (Å²) >= 11 is 0. The maximum absolute atomic E-state index is 12.5. The number of aromatic nitrogens is 2. The van der Waals surface area contributed by atoms with E-state index in [0.29, 0.717) is 17.4 Å². The molecule has 5 nitrogen and oxygen atoms in total. The molecule has 21 heavy (non-hydrogen) atoms. The zero-order chi connectivity index (χ0) is 15.2. The maximum atomic E-state index is 12.5. The standard InChI is InChI=1S/C16H26N4O/c1-12(2)7-8-17-15-11-14(18-13(3)19-15)16(21)20-9-5-4-6-10-20/h11-12H,4-10H2,1-3H3,(H,17,18,19). The molecule has 0 radical (unpaired) electrons. The molecule has 1 saturated heterocycles. The molecule has 1 N–H and O–H groups in total. The minimum atomic E-state index is 0.0344. The lowest BCUT2D eigenvalue weighted by Gasteiger charge is -2.26. The Morgan fingerprint density at radius 1 is 1.29 bits per heavy atom. The van der Waals surface area contributed by atoms with E-state index in [4.69, 9.17) is 0 Å². The van der Waals surface area contributed by atoms with Crippen molar-refractivity contribution in [2.24, 2.45) is 5.92 Å². The fourth-order valence-electron chi connectivity index (χ4n) is 2.52. The second-order valence-electron chi connectivity index (χ2n) is 6.15. The molecule has 1 aromatic rings. The number of aryl methyl sites for hydroxylation is 1. The van der Waals surface area contributed by atoms with Crippen LogP contribution in [0, 0.1) is 12.8 Å². The quantitative estimate of drug-likeness (QED) is 0.906. The second kappa shape index (κ2) is 7.38. The first-order valence-corrected chi connectivity index (χ1v) is 7.95. The SMILES string of the molecule is Cc1nc(NCCC(C)C)cc(C(=O)N2CCCCC2)n1. The molecule has 1 aliphatic heterocycles. The minimum Gasteiger partial charge on any atom is -0.370 e. The number of hydrogen-bond acceptors (Lipinski definition) is 4. The normalized spacial score (nSPS) is 15.3. The lowest BCUT2D eigenvalue weighted by molar-refractivity contribution is 0.0718. The van der Waals surface area contributed by atoms with Crippen LogP contribution in [-0.4, -0.2) is 40.4 Å². The lowest BCUT2D eigenvalue weighted by atomic mass is 10.1. The number of piperidine rings is 1. The van der Waals surface area contributed by atoms with Crippen LogP contribution in [0.15, 0.2) is 6.07 Å². The van der Waals surface area contributed by atoms with Crippen molar-refractivity contribution >= 4 is 11.7 Å². The molecular formula is C16H26N4O. The van der Waals surface area contributed by atoms with Gasteiger partial charge in [-0.1, -0.05) is 13.8 Å². The van der Waals surface area contributed by atoms with Gasteiger partial charge >= 0.3 is 0 Å². The van der Waals surface area contributed by atoms with Crippen LogP contribution < -0.4 is 5.32 Å². The van der Waals surface area contributed by atoms with E-state index in [9.17, 15) is 4.79 Å². The van der Waals surface area contributed by atoms with Crippen LogP contribution in [0.2, 0.25) is 0 Å². The Morgan fingerprint density at radius 2 is 2.00 bits per heavy atom. The summed E-state index contributed by atoms with van der Waals surface area (Å²) in [4.78, 5) is 23.1. The number of likely N-dealkylation sites (tertiary alicyclic amines) is 1. The molecule has 2 heterocycles. The molecule has 1 aliphatic rings. The average Bonchev–Trinajstić information content (AvgIpc) is 2.46. The Kier molecular flexibility index (Phi) is 5.53. The molecule has 2 rings (SSSR count). The summed E-state index contributed by atoms with van der Waals surface area (Å²) in [6, 6.07) is 1.78. The second-order valence-corrected chi connectivity index (χ2v) is 6.15. The summed E-state index contributed by atoms with van der Waals surface area (Å²) in [5.74, 6) is 2.08. The van der Waals surface area contributed by atoms with Crippen LogP contribution >= 0.6 is 0 Å². The topological polar surface area (TPSA) is 58.1 Å². The third-order valence-electron chi connectivity index (χ3n) is 3.73. The zero-order valence-corrected chi connectivity index (χ0v) is 13.4. The van der Waals surface area contributed by atoms with Gasteiger partial charge in [0.2, 0.25) is 0 Å². The van der Waals surface area contributed by atoms with E-state index in [1.807, 2.05) is 11.8 Å². The molecule has 1 amide bonds. The fourth-order valence-corrected chi connectivity index (χ4v) is 2.52. The largest absolute Gasteiger partial charge is 0.370 e. The highest BCUT2D eigenvalue weighted by atomic mass is 16.2. The number of nitrogens with zero attached hydrogens (tertiary/aromatic N) is 3. The number of rotatable bonds is 5. The van der Waals surface area contributed by atoms with E-state index in [1.54, 1.807) is 6.07 Å². The molecule has 0 atom stereocenters. The number of anilines is 1. The van der Waals surface area contributed by atoms with E-state index < -0.39 is 0 Å². The molecule has 0 unspecified atom stereocenters. The molecule has 116 valence electrons. The van der Waals surface area contributed by atoms with Crippen molar-refractivity contribution in [2.45, 2.75) is 46.5 Å².